The largest absolute Gasteiger partial charge is 0.508 e. The average molecular weight is 533 g/mol. The highest BCUT2D eigenvalue weighted by atomic mass is 16.5. The average Bonchev–Trinajstić information content (AvgIpc) is 2.88. The summed E-state index contributed by atoms with van der Waals surface area (Å²) in [6.07, 6.45) is 0.304. The maximum Gasteiger partial charge on any atom is 0.161 e. The molecule has 7 N–H and O–H groups in total. The zero-order valence-electron chi connectivity index (χ0n) is 21.1. The molecule has 4 aromatic rings. The molecule has 9 nitrogen and oxygen atoms in total. The maximum atomic E-state index is 11.8. The Bertz CT molecular complexity index is 1490. The molecule has 39 heavy (non-hydrogen) atoms. The third-order valence-electron chi connectivity index (χ3n) is 6.24. The number of hydrogen-bond acceptors (Lipinski definition) is 9. The first kappa shape index (κ1) is 27.0. The number of aromatic hydroxyl groups is 6. The van der Waals surface area contributed by atoms with Crippen LogP contribution in [0.1, 0.15) is 34.3 Å². The molecule has 0 amide bonds. The standard InChI is InChI=1S/C30H28O9/c1-38-27-8-16(3-5-25(27)35)7-24(18-9-20(31)14-21(32)10-18)29(19-11-22(33)15-23(34)12-19)30(37)17-4-6-26(36)28(13-17)39-2/h3-15,29-37H,1-2H3/b24-7+/t29-,30+/m1/s1. The minimum Gasteiger partial charge on any atom is -0.508 e. The molecule has 0 spiro atoms. The smallest absolute Gasteiger partial charge is 0.161 e. The highest BCUT2D eigenvalue weighted by Crippen LogP contribution is 2.47. The first-order chi connectivity index (χ1) is 18.6. The molecule has 0 saturated carbocycles. The SMILES string of the molecule is COc1cc(/C=C(\c2cc(O)cc(O)c2)[C@@H](c2cc(O)cc(O)c2)[C@@H](O)c2ccc(O)c(OC)c2)ccc1O. The van der Waals surface area contributed by atoms with Crippen molar-refractivity contribution in [3.05, 3.63) is 95.1 Å². The topological polar surface area (TPSA) is 160 Å². The number of phenols is 6. The summed E-state index contributed by atoms with van der Waals surface area (Å²) in [6, 6.07) is 16.7. The van der Waals surface area contributed by atoms with Crippen molar-refractivity contribution in [1.29, 1.82) is 0 Å². The second-order valence-corrected chi connectivity index (χ2v) is 8.91. The highest BCUT2D eigenvalue weighted by Gasteiger charge is 2.30. The number of aliphatic hydroxyl groups excluding tert-OH is 1. The molecule has 0 aliphatic rings. The van der Waals surface area contributed by atoms with Gasteiger partial charge in [-0.15, -0.1) is 0 Å². The molecule has 9 heteroatoms. The van der Waals surface area contributed by atoms with Crippen molar-refractivity contribution in [3.63, 3.8) is 0 Å². The van der Waals surface area contributed by atoms with Gasteiger partial charge in [-0.2, -0.15) is 0 Å². The molecule has 0 radical (unpaired) electrons. The Kier molecular flexibility index (Phi) is 7.73. The Hall–Kier alpha value is -5.02. The van der Waals surface area contributed by atoms with E-state index in [2.05, 4.69) is 0 Å². The fraction of sp³-hybridized carbons (Fsp3) is 0.133. The fourth-order valence-corrected chi connectivity index (χ4v) is 4.48. The van der Waals surface area contributed by atoms with E-state index in [-0.39, 0.29) is 46.0 Å². The molecule has 202 valence electrons. The van der Waals surface area contributed by atoms with Crippen LogP contribution in [0.15, 0.2) is 72.8 Å². The van der Waals surface area contributed by atoms with E-state index in [9.17, 15) is 35.7 Å². The number of benzene rings is 4. The molecule has 0 aliphatic carbocycles. The van der Waals surface area contributed by atoms with Crippen molar-refractivity contribution in [1.82, 2.24) is 0 Å². The summed E-state index contributed by atoms with van der Waals surface area (Å²) in [5, 5.41) is 73.2. The van der Waals surface area contributed by atoms with Crippen molar-refractivity contribution in [3.8, 4) is 46.0 Å². The third-order valence-corrected chi connectivity index (χ3v) is 6.24. The summed E-state index contributed by atoms with van der Waals surface area (Å²) in [4.78, 5) is 0. The second kappa shape index (κ2) is 11.2. The van der Waals surface area contributed by atoms with E-state index in [4.69, 9.17) is 9.47 Å². The van der Waals surface area contributed by atoms with Crippen LogP contribution in [0.25, 0.3) is 11.6 Å². The van der Waals surface area contributed by atoms with Crippen LogP contribution in [0.5, 0.6) is 46.0 Å². The van der Waals surface area contributed by atoms with E-state index in [0.717, 1.165) is 12.1 Å². The molecule has 0 aliphatic heterocycles. The van der Waals surface area contributed by atoms with Crippen molar-refractivity contribution in [2.45, 2.75) is 12.0 Å². The Labute approximate surface area is 224 Å². The van der Waals surface area contributed by atoms with Crippen LogP contribution < -0.4 is 9.47 Å². The minimum absolute atomic E-state index is 0.0862. The Morgan fingerprint density at radius 3 is 1.69 bits per heavy atom. The normalized spacial score (nSPS) is 13.1. The first-order valence-corrected chi connectivity index (χ1v) is 11.8. The third kappa shape index (κ3) is 5.94. The summed E-state index contributed by atoms with van der Waals surface area (Å²) in [5.74, 6) is -1.91. The van der Waals surface area contributed by atoms with Gasteiger partial charge < -0.3 is 45.2 Å². The lowest BCUT2D eigenvalue weighted by Crippen LogP contribution is -2.14. The van der Waals surface area contributed by atoms with Crippen molar-refractivity contribution >= 4 is 11.6 Å². The summed E-state index contributed by atoms with van der Waals surface area (Å²) >= 11 is 0. The second-order valence-electron chi connectivity index (χ2n) is 8.91. The lowest BCUT2D eigenvalue weighted by atomic mass is 9.79. The van der Waals surface area contributed by atoms with E-state index in [1.807, 2.05) is 0 Å². The number of methoxy groups -OCH3 is 2. The summed E-state index contributed by atoms with van der Waals surface area (Å²) < 4.78 is 10.4. The predicted molar refractivity (Wildman–Crippen MR) is 144 cm³/mol. The Morgan fingerprint density at radius 2 is 1.13 bits per heavy atom. The molecule has 0 bridgehead atoms. The van der Waals surface area contributed by atoms with Gasteiger partial charge in [0, 0.05) is 18.1 Å². The van der Waals surface area contributed by atoms with Gasteiger partial charge in [-0.05, 0) is 76.4 Å². The van der Waals surface area contributed by atoms with Crippen LogP contribution in [-0.4, -0.2) is 50.0 Å². The summed E-state index contributed by atoms with van der Waals surface area (Å²) in [7, 11) is 2.77. The molecule has 2 atom stereocenters. The van der Waals surface area contributed by atoms with E-state index in [0.29, 0.717) is 27.8 Å². The number of rotatable bonds is 8. The maximum absolute atomic E-state index is 11.8. The Balaban J connectivity index is 2.02. The zero-order chi connectivity index (χ0) is 28.3. The summed E-state index contributed by atoms with van der Waals surface area (Å²) in [5.41, 5.74) is 1.84. The highest BCUT2D eigenvalue weighted by molar-refractivity contribution is 5.87. The quantitative estimate of drug-likeness (QED) is 0.155. The number of ether oxygens (including phenoxy) is 2. The van der Waals surface area contributed by atoms with Crippen LogP contribution in [0, 0.1) is 0 Å². The molecule has 0 saturated heterocycles. The monoisotopic (exact) mass is 532 g/mol. The number of phenolic OH excluding ortho intramolecular Hbond substituents is 6. The van der Waals surface area contributed by atoms with E-state index >= 15 is 0 Å². The van der Waals surface area contributed by atoms with Crippen molar-refractivity contribution in [2.75, 3.05) is 14.2 Å². The number of aliphatic hydroxyl groups is 1. The molecular formula is C30H28O9. The minimum atomic E-state index is -1.35. The van der Waals surface area contributed by atoms with Crippen molar-refractivity contribution < 1.29 is 45.2 Å². The first-order valence-electron chi connectivity index (χ1n) is 11.8. The molecule has 4 rings (SSSR count). The van der Waals surface area contributed by atoms with E-state index in [1.54, 1.807) is 18.2 Å². The van der Waals surface area contributed by atoms with Gasteiger partial charge in [-0.1, -0.05) is 18.2 Å². The van der Waals surface area contributed by atoms with Crippen LogP contribution in [-0.2, 0) is 0 Å². The van der Waals surface area contributed by atoms with Crippen LogP contribution in [0.4, 0.5) is 0 Å². The van der Waals surface area contributed by atoms with Crippen LogP contribution in [0.2, 0.25) is 0 Å². The van der Waals surface area contributed by atoms with Crippen LogP contribution in [0.3, 0.4) is 0 Å². The molecule has 0 heterocycles. The molecular weight excluding hydrogens is 504 g/mol. The van der Waals surface area contributed by atoms with Gasteiger partial charge in [0.15, 0.2) is 23.0 Å². The van der Waals surface area contributed by atoms with Gasteiger partial charge in [0.25, 0.3) is 0 Å². The fourth-order valence-electron chi connectivity index (χ4n) is 4.48. The Morgan fingerprint density at radius 1 is 0.615 bits per heavy atom. The molecule has 0 aromatic heterocycles. The summed E-state index contributed by atoms with van der Waals surface area (Å²) in [6.45, 7) is 0. The van der Waals surface area contributed by atoms with Gasteiger partial charge in [-0.25, -0.2) is 0 Å². The van der Waals surface area contributed by atoms with E-state index in [1.165, 1.54) is 62.8 Å². The van der Waals surface area contributed by atoms with Gasteiger partial charge >= 0.3 is 0 Å². The predicted octanol–water partition coefficient (Wildman–Crippen LogP) is 5.00. The van der Waals surface area contributed by atoms with Crippen molar-refractivity contribution in [2.24, 2.45) is 0 Å². The van der Waals surface area contributed by atoms with Crippen LogP contribution >= 0.6 is 0 Å². The van der Waals surface area contributed by atoms with Gasteiger partial charge in [0.1, 0.15) is 23.0 Å². The molecule has 0 unspecified atom stereocenters. The van der Waals surface area contributed by atoms with Gasteiger partial charge in [0.2, 0.25) is 0 Å². The van der Waals surface area contributed by atoms with Gasteiger partial charge in [0.05, 0.1) is 20.3 Å². The van der Waals surface area contributed by atoms with Gasteiger partial charge in [-0.3, -0.25) is 0 Å². The lowest BCUT2D eigenvalue weighted by Gasteiger charge is -2.28. The zero-order valence-corrected chi connectivity index (χ0v) is 21.1. The van der Waals surface area contributed by atoms with E-state index < -0.39 is 12.0 Å². The molecule has 0 fully saturated rings. The number of hydrogen-bond donors (Lipinski definition) is 7. The molecule has 4 aromatic carbocycles. The lowest BCUT2D eigenvalue weighted by molar-refractivity contribution is 0.164.